The van der Waals surface area contributed by atoms with E-state index in [-0.39, 0.29) is 5.56 Å². The molecule has 1 amide bonds. The number of rotatable bonds is 4. The third-order valence-electron chi connectivity index (χ3n) is 4.73. The molecule has 1 atom stereocenters. The summed E-state index contributed by atoms with van der Waals surface area (Å²) in [6.07, 6.45) is 4.15. The molecule has 5 nitrogen and oxygen atoms in total. The lowest BCUT2D eigenvalue weighted by atomic mass is 9.97. The van der Waals surface area contributed by atoms with Crippen molar-refractivity contribution < 1.29 is 4.79 Å². The molecule has 1 aromatic carbocycles. The van der Waals surface area contributed by atoms with Crippen LogP contribution >= 0.6 is 34.7 Å². The molecule has 3 aromatic rings. The van der Waals surface area contributed by atoms with E-state index < -0.39 is 11.2 Å². The number of hydrogen-bond donors (Lipinski definition) is 1. The maximum Gasteiger partial charge on any atom is 0.267 e. The number of primary amides is 1. The average molecular weight is 420 g/mol. The van der Waals surface area contributed by atoms with E-state index in [4.69, 9.17) is 22.3 Å². The maximum atomic E-state index is 13.5. The largest absolute Gasteiger partial charge is 0.369 e. The second-order valence-electron chi connectivity index (χ2n) is 6.56. The third kappa shape index (κ3) is 3.39. The predicted molar refractivity (Wildman–Crippen MR) is 111 cm³/mol. The molecule has 2 aromatic heterocycles. The van der Waals surface area contributed by atoms with Gasteiger partial charge in [0.1, 0.15) is 4.83 Å². The lowest BCUT2D eigenvalue weighted by Crippen LogP contribution is -2.26. The van der Waals surface area contributed by atoms with Crippen LogP contribution < -0.4 is 11.3 Å². The zero-order valence-corrected chi connectivity index (χ0v) is 17.1. The van der Waals surface area contributed by atoms with Crippen LogP contribution in [0.5, 0.6) is 0 Å². The van der Waals surface area contributed by atoms with Crippen LogP contribution in [0, 0.1) is 0 Å². The number of amides is 1. The van der Waals surface area contributed by atoms with Gasteiger partial charge in [-0.15, -0.1) is 11.3 Å². The van der Waals surface area contributed by atoms with Gasteiger partial charge in [-0.1, -0.05) is 23.4 Å². The number of thiophene rings is 1. The molecule has 0 bridgehead atoms. The fraction of sp³-hybridized carbons (Fsp3) is 0.316. The van der Waals surface area contributed by atoms with Crippen molar-refractivity contribution in [3.8, 4) is 5.69 Å². The van der Waals surface area contributed by atoms with Crippen molar-refractivity contribution in [2.24, 2.45) is 5.73 Å². The van der Waals surface area contributed by atoms with Crippen LogP contribution in [0.4, 0.5) is 0 Å². The van der Waals surface area contributed by atoms with Crippen molar-refractivity contribution in [1.82, 2.24) is 9.55 Å². The number of aromatic nitrogens is 2. The van der Waals surface area contributed by atoms with Gasteiger partial charge in [0.2, 0.25) is 5.91 Å². The summed E-state index contributed by atoms with van der Waals surface area (Å²) in [5.41, 5.74) is 7.15. The maximum absolute atomic E-state index is 13.5. The molecule has 0 saturated carbocycles. The Bertz CT molecular complexity index is 1090. The number of nitrogens with two attached hydrogens (primary N) is 1. The van der Waals surface area contributed by atoms with E-state index in [1.54, 1.807) is 47.1 Å². The standard InChI is InChI=1S/C19H18ClN3O2S2/c1-10(16(21)24)26-19-22-17-15(13-4-2-3-5-14(13)27-17)18(25)23(19)12-8-6-11(20)7-9-12/h6-10H,2-5H2,1H3,(H2,21,24)/t10-/m0/s1. The summed E-state index contributed by atoms with van der Waals surface area (Å²) in [6, 6.07) is 7.05. The van der Waals surface area contributed by atoms with Gasteiger partial charge in [0.25, 0.3) is 5.56 Å². The van der Waals surface area contributed by atoms with E-state index >= 15 is 0 Å². The van der Waals surface area contributed by atoms with Crippen LogP contribution in [0.2, 0.25) is 5.02 Å². The van der Waals surface area contributed by atoms with Crippen molar-refractivity contribution in [3.63, 3.8) is 0 Å². The van der Waals surface area contributed by atoms with E-state index in [1.807, 2.05) is 0 Å². The summed E-state index contributed by atoms with van der Waals surface area (Å²) in [5, 5.41) is 1.27. The first-order valence-corrected chi connectivity index (χ1v) is 10.8. The Morgan fingerprint density at radius 2 is 2.00 bits per heavy atom. The minimum atomic E-state index is -0.498. The molecular formula is C19H18ClN3O2S2. The summed E-state index contributed by atoms with van der Waals surface area (Å²) in [5.74, 6) is -0.442. The van der Waals surface area contributed by atoms with Crippen LogP contribution in [-0.4, -0.2) is 20.7 Å². The topological polar surface area (TPSA) is 78.0 Å². The first-order valence-electron chi connectivity index (χ1n) is 8.75. The quantitative estimate of drug-likeness (QED) is 0.513. The molecule has 0 radical (unpaired) electrons. The lowest BCUT2D eigenvalue weighted by molar-refractivity contribution is -0.117. The Balaban J connectivity index is 1.98. The highest BCUT2D eigenvalue weighted by Crippen LogP contribution is 2.35. The monoisotopic (exact) mass is 419 g/mol. The van der Waals surface area contributed by atoms with E-state index in [0.717, 1.165) is 36.1 Å². The smallest absolute Gasteiger partial charge is 0.267 e. The summed E-state index contributed by atoms with van der Waals surface area (Å²) >= 11 is 8.81. The van der Waals surface area contributed by atoms with Gasteiger partial charge < -0.3 is 5.73 Å². The number of carbonyl (C=O) groups is 1. The van der Waals surface area contributed by atoms with E-state index in [9.17, 15) is 9.59 Å². The zero-order chi connectivity index (χ0) is 19.1. The average Bonchev–Trinajstić information content (AvgIpc) is 3.01. The summed E-state index contributed by atoms with van der Waals surface area (Å²) in [7, 11) is 0. The van der Waals surface area contributed by atoms with Crippen molar-refractivity contribution in [2.75, 3.05) is 0 Å². The third-order valence-corrected chi connectivity index (χ3v) is 7.23. The van der Waals surface area contributed by atoms with Crippen LogP contribution in [-0.2, 0) is 17.6 Å². The first-order chi connectivity index (χ1) is 13.0. The van der Waals surface area contributed by atoms with Crippen LogP contribution in [0.3, 0.4) is 0 Å². The van der Waals surface area contributed by atoms with Gasteiger partial charge >= 0.3 is 0 Å². The summed E-state index contributed by atoms with van der Waals surface area (Å²) < 4.78 is 1.57. The molecule has 0 fully saturated rings. The van der Waals surface area contributed by atoms with E-state index in [2.05, 4.69) is 0 Å². The van der Waals surface area contributed by atoms with Crippen molar-refractivity contribution in [2.45, 2.75) is 43.0 Å². The van der Waals surface area contributed by atoms with Gasteiger partial charge in [-0.2, -0.15) is 0 Å². The van der Waals surface area contributed by atoms with Crippen LogP contribution in [0.1, 0.15) is 30.2 Å². The van der Waals surface area contributed by atoms with Crippen LogP contribution in [0.25, 0.3) is 15.9 Å². The number of fused-ring (bicyclic) bond motifs is 3. The molecule has 0 spiro atoms. The molecule has 140 valence electrons. The number of carbonyl (C=O) groups excluding carboxylic acids is 1. The van der Waals surface area contributed by atoms with Gasteiger partial charge in [0, 0.05) is 9.90 Å². The van der Waals surface area contributed by atoms with Gasteiger partial charge in [-0.25, -0.2) is 4.98 Å². The number of halogens is 1. The molecule has 1 aliphatic rings. The van der Waals surface area contributed by atoms with Crippen molar-refractivity contribution in [3.05, 3.63) is 50.1 Å². The van der Waals surface area contributed by atoms with Gasteiger partial charge in [0.15, 0.2) is 5.16 Å². The molecular weight excluding hydrogens is 402 g/mol. The SMILES string of the molecule is C[C@H](Sc1nc2sc3c(c2c(=O)n1-c1ccc(Cl)cc1)CCCC3)C(N)=O. The highest BCUT2D eigenvalue weighted by atomic mass is 35.5. The van der Waals surface area contributed by atoms with Gasteiger partial charge in [-0.05, 0) is 62.4 Å². The molecule has 0 aliphatic heterocycles. The zero-order valence-electron chi connectivity index (χ0n) is 14.7. The normalized spacial score (nSPS) is 14.9. The summed E-state index contributed by atoms with van der Waals surface area (Å²) in [4.78, 5) is 31.8. The number of nitrogens with zero attached hydrogens (tertiary/aromatic N) is 2. The molecule has 4 rings (SSSR count). The number of aryl methyl sites for hydroxylation is 2. The van der Waals surface area contributed by atoms with E-state index in [0.29, 0.717) is 21.3 Å². The van der Waals surface area contributed by atoms with Crippen LogP contribution in [0.15, 0.2) is 34.2 Å². The fourth-order valence-corrected chi connectivity index (χ4v) is 5.61. The molecule has 0 saturated heterocycles. The Kier molecular flexibility index (Phi) is 5.01. The van der Waals surface area contributed by atoms with Gasteiger partial charge in [-0.3, -0.25) is 14.2 Å². The van der Waals surface area contributed by atoms with Crippen molar-refractivity contribution in [1.29, 1.82) is 0 Å². The van der Waals surface area contributed by atoms with Crippen molar-refractivity contribution >= 4 is 50.8 Å². The highest BCUT2D eigenvalue weighted by Gasteiger charge is 2.24. The predicted octanol–water partition coefficient (Wildman–Crippen LogP) is 3.95. The number of benzene rings is 1. The molecule has 2 heterocycles. The Morgan fingerprint density at radius 3 is 2.70 bits per heavy atom. The number of hydrogen-bond acceptors (Lipinski definition) is 5. The minimum Gasteiger partial charge on any atom is -0.369 e. The molecule has 1 aliphatic carbocycles. The molecule has 0 unspecified atom stereocenters. The summed E-state index contributed by atoms with van der Waals surface area (Å²) in [6.45, 7) is 1.72. The second-order valence-corrected chi connectivity index (χ2v) is 9.39. The molecule has 8 heteroatoms. The van der Waals surface area contributed by atoms with Gasteiger partial charge in [0.05, 0.1) is 16.3 Å². The second kappa shape index (κ2) is 7.30. The molecule has 27 heavy (non-hydrogen) atoms. The highest BCUT2D eigenvalue weighted by molar-refractivity contribution is 8.00. The lowest BCUT2D eigenvalue weighted by Gasteiger charge is -2.15. The Morgan fingerprint density at radius 1 is 1.30 bits per heavy atom. The van der Waals surface area contributed by atoms with E-state index in [1.165, 1.54) is 16.6 Å². The number of thioether (sulfide) groups is 1. The molecule has 2 N–H and O–H groups in total. The first kappa shape index (κ1) is 18.5. The minimum absolute atomic E-state index is 0.0964. The Hall–Kier alpha value is -1.83. The Labute approximate surface area is 169 Å². The fourth-order valence-electron chi connectivity index (χ4n) is 3.30.